The quantitative estimate of drug-likeness (QED) is 0.729. The molecule has 0 aliphatic heterocycles. The molecule has 0 bridgehead atoms. The average Bonchev–Trinajstić information content (AvgIpc) is 2.18. The van der Waals surface area contributed by atoms with Gasteiger partial charge in [-0.05, 0) is 6.07 Å². The van der Waals surface area contributed by atoms with Gasteiger partial charge in [-0.2, -0.15) is 0 Å². The Morgan fingerprint density at radius 3 is 2.53 bits per heavy atom. The fourth-order valence-electron chi connectivity index (χ4n) is 1.10. The van der Waals surface area contributed by atoms with Crippen molar-refractivity contribution in [2.75, 3.05) is 5.73 Å². The number of carbonyl (C=O) groups is 1. The van der Waals surface area contributed by atoms with Gasteiger partial charge in [0, 0.05) is 12.1 Å². The Bertz CT molecular complexity index is 448. The van der Waals surface area contributed by atoms with Crippen LogP contribution in [0.15, 0.2) is 6.07 Å². The van der Waals surface area contributed by atoms with E-state index in [2.05, 4.69) is 9.72 Å². The lowest BCUT2D eigenvalue weighted by Crippen LogP contribution is -2.21. The highest BCUT2D eigenvalue weighted by molar-refractivity contribution is 5.86. The van der Waals surface area contributed by atoms with Crippen molar-refractivity contribution in [2.45, 2.75) is 12.9 Å². The summed E-state index contributed by atoms with van der Waals surface area (Å²) >= 11 is 0. The molecule has 0 aliphatic carbocycles. The third-order valence-corrected chi connectivity index (χ3v) is 1.73. The zero-order chi connectivity index (χ0) is 13.2. The minimum absolute atomic E-state index is 0.188. The van der Waals surface area contributed by atoms with Crippen molar-refractivity contribution in [2.24, 2.45) is 5.73 Å². The molecule has 5 N–H and O–H groups in total. The summed E-state index contributed by atoms with van der Waals surface area (Å²) < 4.78 is 39.7. The van der Waals surface area contributed by atoms with Crippen LogP contribution >= 0.6 is 0 Å². The second-order valence-corrected chi connectivity index (χ2v) is 2.94. The molecule has 0 amide bonds. The predicted octanol–water partition coefficient (Wildman–Crippen LogP) is 0.719. The van der Waals surface area contributed by atoms with Crippen molar-refractivity contribution in [1.29, 1.82) is 0 Å². The summed E-state index contributed by atoms with van der Waals surface area (Å²) in [5.74, 6) is -2.88. The van der Waals surface area contributed by atoms with Gasteiger partial charge in [-0.3, -0.25) is 0 Å². The number of hydrogen-bond donors (Lipinski definition) is 3. The van der Waals surface area contributed by atoms with Crippen molar-refractivity contribution >= 4 is 11.8 Å². The Kier molecular flexibility index (Phi) is 3.42. The Balaban J connectivity index is 3.26. The number of carboxylic acid groups (broad SMARTS) is 1. The van der Waals surface area contributed by atoms with Crippen LogP contribution in [0.25, 0.3) is 0 Å². The topological polar surface area (TPSA) is 111 Å². The van der Waals surface area contributed by atoms with Crippen LogP contribution in [0.2, 0.25) is 0 Å². The van der Waals surface area contributed by atoms with Gasteiger partial charge < -0.3 is 21.3 Å². The van der Waals surface area contributed by atoms with E-state index in [0.717, 1.165) is 6.07 Å². The maximum absolute atomic E-state index is 12.0. The lowest BCUT2D eigenvalue weighted by Gasteiger charge is -2.14. The number of ether oxygens (including phenoxy) is 1. The third-order valence-electron chi connectivity index (χ3n) is 1.73. The number of nitrogens with two attached hydrogens (primary N) is 2. The number of alkyl halides is 3. The lowest BCUT2D eigenvalue weighted by atomic mass is 10.2. The Hall–Kier alpha value is -2.03. The van der Waals surface area contributed by atoms with Crippen molar-refractivity contribution in [3.8, 4) is 5.75 Å². The van der Waals surface area contributed by atoms with E-state index in [1.807, 2.05) is 0 Å². The van der Waals surface area contributed by atoms with E-state index in [-0.39, 0.29) is 12.1 Å². The minimum Gasteiger partial charge on any atom is -0.477 e. The molecule has 1 heterocycles. The first kappa shape index (κ1) is 13.0. The molecule has 0 unspecified atom stereocenters. The summed E-state index contributed by atoms with van der Waals surface area (Å²) in [4.78, 5) is 13.9. The lowest BCUT2D eigenvalue weighted by molar-refractivity contribution is -0.274. The number of pyridine rings is 1. The van der Waals surface area contributed by atoms with E-state index in [9.17, 15) is 18.0 Å². The molecule has 0 aliphatic rings. The zero-order valence-corrected chi connectivity index (χ0v) is 8.28. The first-order valence-corrected chi connectivity index (χ1v) is 4.23. The molecular weight excluding hydrogens is 243 g/mol. The molecule has 6 nitrogen and oxygen atoms in total. The fourth-order valence-corrected chi connectivity index (χ4v) is 1.10. The molecule has 1 rings (SSSR count). The zero-order valence-electron chi connectivity index (χ0n) is 8.28. The molecule has 1 aromatic heterocycles. The van der Waals surface area contributed by atoms with E-state index < -0.39 is 29.6 Å². The van der Waals surface area contributed by atoms with Gasteiger partial charge >= 0.3 is 12.3 Å². The summed E-state index contributed by atoms with van der Waals surface area (Å²) in [6, 6.07) is 0.875. The number of hydrogen-bond acceptors (Lipinski definition) is 5. The number of aromatic nitrogens is 1. The normalized spacial score (nSPS) is 11.3. The van der Waals surface area contributed by atoms with Crippen LogP contribution in [-0.2, 0) is 6.54 Å². The highest BCUT2D eigenvalue weighted by Gasteiger charge is 2.33. The highest BCUT2D eigenvalue weighted by atomic mass is 19.4. The van der Waals surface area contributed by atoms with E-state index in [0.29, 0.717) is 0 Å². The van der Waals surface area contributed by atoms with E-state index in [1.165, 1.54) is 0 Å². The molecule has 0 saturated carbocycles. The van der Waals surface area contributed by atoms with Crippen molar-refractivity contribution in [3.63, 3.8) is 0 Å². The summed E-state index contributed by atoms with van der Waals surface area (Å²) in [6.07, 6.45) is -4.95. The molecule has 1 aromatic rings. The van der Waals surface area contributed by atoms with E-state index in [4.69, 9.17) is 16.6 Å². The molecule has 0 atom stereocenters. The van der Waals surface area contributed by atoms with Gasteiger partial charge in [0.25, 0.3) is 0 Å². The summed E-state index contributed by atoms with van der Waals surface area (Å²) in [5, 5.41) is 8.63. The Morgan fingerprint density at radius 2 is 2.12 bits per heavy atom. The number of nitrogens with zero attached hydrogens (tertiary/aromatic N) is 1. The van der Waals surface area contributed by atoms with Crippen LogP contribution in [-0.4, -0.2) is 22.4 Å². The third kappa shape index (κ3) is 3.21. The van der Waals surface area contributed by atoms with Crippen molar-refractivity contribution in [1.82, 2.24) is 4.98 Å². The number of rotatable bonds is 3. The molecular formula is C8H8F3N3O3. The van der Waals surface area contributed by atoms with Gasteiger partial charge in [0.15, 0.2) is 17.3 Å². The van der Waals surface area contributed by atoms with Gasteiger partial charge in [-0.15, -0.1) is 13.2 Å². The number of halogens is 3. The van der Waals surface area contributed by atoms with Gasteiger partial charge in [-0.25, -0.2) is 9.78 Å². The van der Waals surface area contributed by atoms with Gasteiger partial charge in [0.2, 0.25) is 0 Å². The first-order chi connectivity index (χ1) is 7.74. The maximum Gasteiger partial charge on any atom is 0.573 e. The van der Waals surface area contributed by atoms with Crippen LogP contribution in [0, 0.1) is 0 Å². The van der Waals surface area contributed by atoms with Crippen LogP contribution in [0.5, 0.6) is 5.75 Å². The molecule has 94 valence electrons. The Labute approximate surface area is 93.0 Å². The van der Waals surface area contributed by atoms with E-state index >= 15 is 0 Å². The highest BCUT2D eigenvalue weighted by Crippen LogP contribution is 2.31. The van der Waals surface area contributed by atoms with E-state index in [1.54, 1.807) is 0 Å². The predicted molar refractivity (Wildman–Crippen MR) is 50.2 cm³/mol. The second-order valence-electron chi connectivity index (χ2n) is 2.94. The van der Waals surface area contributed by atoms with Crippen LogP contribution in [0.4, 0.5) is 19.0 Å². The molecule has 0 radical (unpaired) electrons. The molecule has 0 aromatic carbocycles. The van der Waals surface area contributed by atoms with Crippen molar-refractivity contribution < 1.29 is 27.8 Å². The summed E-state index contributed by atoms with van der Waals surface area (Å²) in [5.41, 5.74) is 9.68. The van der Waals surface area contributed by atoms with Crippen LogP contribution in [0.3, 0.4) is 0 Å². The largest absolute Gasteiger partial charge is 0.573 e. The number of anilines is 1. The SMILES string of the molecule is NCc1cc(C(=O)O)nc(N)c1OC(F)(F)F. The molecule has 17 heavy (non-hydrogen) atoms. The monoisotopic (exact) mass is 251 g/mol. The van der Waals surface area contributed by atoms with Crippen molar-refractivity contribution in [3.05, 3.63) is 17.3 Å². The molecule has 0 spiro atoms. The maximum atomic E-state index is 12.0. The fraction of sp³-hybridized carbons (Fsp3) is 0.250. The first-order valence-electron chi connectivity index (χ1n) is 4.23. The smallest absolute Gasteiger partial charge is 0.477 e. The summed E-state index contributed by atoms with van der Waals surface area (Å²) in [6.45, 7) is -0.363. The number of aromatic carboxylic acids is 1. The van der Waals surface area contributed by atoms with Gasteiger partial charge in [0.1, 0.15) is 0 Å². The van der Waals surface area contributed by atoms with Gasteiger partial charge in [0.05, 0.1) is 0 Å². The minimum atomic E-state index is -4.95. The number of carboxylic acids is 1. The Morgan fingerprint density at radius 1 is 1.53 bits per heavy atom. The van der Waals surface area contributed by atoms with Gasteiger partial charge in [-0.1, -0.05) is 0 Å². The second kappa shape index (κ2) is 4.45. The van der Waals surface area contributed by atoms with Crippen LogP contribution < -0.4 is 16.2 Å². The van der Waals surface area contributed by atoms with Crippen LogP contribution in [0.1, 0.15) is 16.1 Å². The molecule has 9 heteroatoms. The molecule has 0 saturated heterocycles. The summed E-state index contributed by atoms with van der Waals surface area (Å²) in [7, 11) is 0. The average molecular weight is 251 g/mol. The molecule has 0 fully saturated rings. The number of nitrogen functional groups attached to an aromatic ring is 1. The standard InChI is InChI=1S/C8H8F3N3O3/c9-8(10,11)17-5-3(2-12)1-4(7(15)16)14-6(5)13/h1H,2,12H2,(H2,13,14)(H,15,16).